The molecular formula is C22H16BrClN2O2S. The lowest BCUT2D eigenvalue weighted by atomic mass is 10.2. The van der Waals surface area contributed by atoms with Crippen molar-refractivity contribution in [1.82, 2.24) is 9.13 Å². The second-order valence-electron chi connectivity index (χ2n) is 7.15. The average molecular weight is 488 g/mol. The summed E-state index contributed by atoms with van der Waals surface area (Å²) in [5.41, 5.74) is 2.01. The van der Waals surface area contributed by atoms with Crippen LogP contribution in [-0.2, 0) is 19.4 Å². The SMILES string of the molecule is O=c1c2c3c(sc2n(Cc2ccc(Br)cc2)c(=O)n1-c1cccc(Cl)c1)CCC3. The van der Waals surface area contributed by atoms with Crippen LogP contribution in [0.25, 0.3) is 15.9 Å². The molecule has 2 heterocycles. The highest BCUT2D eigenvalue weighted by Gasteiger charge is 2.25. The molecule has 4 nitrogen and oxygen atoms in total. The van der Waals surface area contributed by atoms with Crippen molar-refractivity contribution in [1.29, 1.82) is 0 Å². The van der Waals surface area contributed by atoms with Gasteiger partial charge in [0.05, 0.1) is 17.6 Å². The molecule has 0 saturated heterocycles. The van der Waals surface area contributed by atoms with Crippen LogP contribution in [-0.4, -0.2) is 9.13 Å². The Bertz CT molecular complexity index is 1370. The van der Waals surface area contributed by atoms with E-state index < -0.39 is 0 Å². The molecule has 0 amide bonds. The number of halogens is 2. The quantitative estimate of drug-likeness (QED) is 0.400. The first-order chi connectivity index (χ1) is 14.0. The minimum atomic E-state index is -0.340. The molecule has 29 heavy (non-hydrogen) atoms. The highest BCUT2D eigenvalue weighted by atomic mass is 79.9. The summed E-state index contributed by atoms with van der Waals surface area (Å²) < 4.78 is 3.97. The van der Waals surface area contributed by atoms with Crippen LogP contribution in [0.2, 0.25) is 5.02 Å². The number of aryl methyl sites for hydroxylation is 2. The molecule has 2 aromatic carbocycles. The fourth-order valence-corrected chi connectivity index (χ4v) is 5.78. The Morgan fingerprint density at radius 1 is 1.07 bits per heavy atom. The summed E-state index contributed by atoms with van der Waals surface area (Å²) in [4.78, 5) is 28.9. The Balaban J connectivity index is 1.82. The molecule has 0 radical (unpaired) electrons. The van der Waals surface area contributed by atoms with Gasteiger partial charge in [-0.05, 0) is 60.7 Å². The van der Waals surface area contributed by atoms with E-state index in [0.29, 0.717) is 22.6 Å². The third-order valence-electron chi connectivity index (χ3n) is 5.31. The second kappa shape index (κ2) is 7.27. The van der Waals surface area contributed by atoms with Gasteiger partial charge in [-0.25, -0.2) is 9.36 Å². The number of rotatable bonds is 3. The molecule has 7 heteroatoms. The van der Waals surface area contributed by atoms with Crippen LogP contribution in [0.1, 0.15) is 22.4 Å². The van der Waals surface area contributed by atoms with Crippen LogP contribution < -0.4 is 11.2 Å². The second-order valence-corrected chi connectivity index (χ2v) is 9.59. The molecular weight excluding hydrogens is 472 g/mol. The predicted molar refractivity (Wildman–Crippen MR) is 122 cm³/mol. The highest BCUT2D eigenvalue weighted by Crippen LogP contribution is 2.35. The van der Waals surface area contributed by atoms with Crippen LogP contribution >= 0.6 is 38.9 Å². The van der Waals surface area contributed by atoms with E-state index in [2.05, 4.69) is 15.9 Å². The van der Waals surface area contributed by atoms with Crippen LogP contribution in [0.15, 0.2) is 62.6 Å². The van der Waals surface area contributed by atoms with Crippen molar-refractivity contribution in [3.63, 3.8) is 0 Å². The van der Waals surface area contributed by atoms with E-state index in [0.717, 1.165) is 39.7 Å². The minimum absolute atomic E-state index is 0.251. The Kier molecular flexibility index (Phi) is 4.73. The summed E-state index contributed by atoms with van der Waals surface area (Å²) in [7, 11) is 0. The third kappa shape index (κ3) is 3.19. The lowest BCUT2D eigenvalue weighted by Crippen LogP contribution is -2.39. The lowest BCUT2D eigenvalue weighted by Gasteiger charge is -2.13. The van der Waals surface area contributed by atoms with Crippen molar-refractivity contribution >= 4 is 49.1 Å². The number of hydrogen-bond acceptors (Lipinski definition) is 3. The molecule has 0 saturated carbocycles. The summed E-state index contributed by atoms with van der Waals surface area (Å²) in [6, 6.07) is 14.8. The van der Waals surface area contributed by atoms with Crippen molar-refractivity contribution < 1.29 is 0 Å². The zero-order chi connectivity index (χ0) is 20.1. The van der Waals surface area contributed by atoms with E-state index in [-0.39, 0.29) is 11.2 Å². The molecule has 0 aliphatic heterocycles. The van der Waals surface area contributed by atoms with E-state index in [1.807, 2.05) is 24.3 Å². The maximum Gasteiger partial charge on any atom is 0.337 e. The molecule has 0 N–H and O–H groups in total. The Morgan fingerprint density at radius 3 is 2.62 bits per heavy atom. The van der Waals surface area contributed by atoms with Crippen molar-refractivity contribution in [2.24, 2.45) is 0 Å². The van der Waals surface area contributed by atoms with Crippen molar-refractivity contribution in [2.75, 3.05) is 0 Å². The Hall–Kier alpha value is -2.15. The van der Waals surface area contributed by atoms with Gasteiger partial charge in [0, 0.05) is 14.4 Å². The molecule has 0 unspecified atom stereocenters. The summed E-state index contributed by atoms with van der Waals surface area (Å²) in [6.07, 6.45) is 2.91. The Morgan fingerprint density at radius 2 is 1.86 bits per heavy atom. The molecule has 2 aromatic heterocycles. The van der Waals surface area contributed by atoms with Gasteiger partial charge < -0.3 is 0 Å². The van der Waals surface area contributed by atoms with E-state index in [1.165, 1.54) is 9.44 Å². The lowest BCUT2D eigenvalue weighted by molar-refractivity contribution is 0.718. The molecule has 0 atom stereocenters. The van der Waals surface area contributed by atoms with Crippen LogP contribution in [0, 0.1) is 0 Å². The molecule has 5 rings (SSSR count). The van der Waals surface area contributed by atoms with Gasteiger partial charge >= 0.3 is 5.69 Å². The van der Waals surface area contributed by atoms with Crippen molar-refractivity contribution in [2.45, 2.75) is 25.8 Å². The number of hydrogen-bond donors (Lipinski definition) is 0. The molecule has 1 aliphatic rings. The Labute approximate surface area is 184 Å². The normalized spacial score (nSPS) is 13.2. The maximum absolute atomic E-state index is 13.5. The highest BCUT2D eigenvalue weighted by molar-refractivity contribution is 9.10. The zero-order valence-corrected chi connectivity index (χ0v) is 18.5. The molecule has 0 spiro atoms. The number of aromatic nitrogens is 2. The number of thiophene rings is 1. The number of benzene rings is 2. The van der Waals surface area contributed by atoms with E-state index in [9.17, 15) is 9.59 Å². The van der Waals surface area contributed by atoms with Gasteiger partial charge in [0.25, 0.3) is 5.56 Å². The monoisotopic (exact) mass is 486 g/mol. The van der Waals surface area contributed by atoms with Gasteiger partial charge in [0.1, 0.15) is 4.83 Å². The van der Waals surface area contributed by atoms with Gasteiger partial charge in [0.2, 0.25) is 0 Å². The largest absolute Gasteiger partial charge is 0.337 e. The van der Waals surface area contributed by atoms with Gasteiger partial charge in [-0.3, -0.25) is 9.36 Å². The standard InChI is InChI=1S/C22H16BrClN2O2S/c23-14-9-7-13(8-10-14)12-25-21-19(17-5-2-6-18(17)29-21)20(27)26(22(25)28)16-4-1-3-15(24)11-16/h1,3-4,7-11H,2,5-6,12H2. The van der Waals surface area contributed by atoms with Crippen LogP contribution in [0.3, 0.4) is 0 Å². The topological polar surface area (TPSA) is 44.0 Å². The number of nitrogens with zero attached hydrogens (tertiary/aromatic N) is 2. The van der Waals surface area contributed by atoms with Gasteiger partial charge in [0.15, 0.2) is 0 Å². The average Bonchev–Trinajstić information content (AvgIpc) is 3.28. The summed E-state index contributed by atoms with van der Waals surface area (Å²) in [6.45, 7) is 0.406. The van der Waals surface area contributed by atoms with Gasteiger partial charge in [-0.2, -0.15) is 0 Å². The first kappa shape index (κ1) is 18.9. The smallest absolute Gasteiger partial charge is 0.280 e. The van der Waals surface area contributed by atoms with Crippen molar-refractivity contribution in [3.8, 4) is 5.69 Å². The van der Waals surface area contributed by atoms with Crippen LogP contribution in [0.5, 0.6) is 0 Å². The van der Waals surface area contributed by atoms with Crippen molar-refractivity contribution in [3.05, 3.63) is 94.9 Å². The van der Waals surface area contributed by atoms with Gasteiger partial charge in [-0.1, -0.05) is 45.7 Å². The molecule has 0 bridgehead atoms. The number of fused-ring (bicyclic) bond motifs is 3. The third-order valence-corrected chi connectivity index (χ3v) is 7.39. The predicted octanol–water partition coefficient (Wildman–Crippen LogP) is 5.17. The first-order valence-electron chi connectivity index (χ1n) is 9.33. The van der Waals surface area contributed by atoms with E-state index in [1.54, 1.807) is 40.2 Å². The maximum atomic E-state index is 13.5. The van der Waals surface area contributed by atoms with Crippen LogP contribution in [0.4, 0.5) is 0 Å². The minimum Gasteiger partial charge on any atom is -0.280 e. The van der Waals surface area contributed by atoms with E-state index in [4.69, 9.17) is 11.6 Å². The summed E-state index contributed by atoms with van der Waals surface area (Å²) in [5.74, 6) is 0. The van der Waals surface area contributed by atoms with Gasteiger partial charge in [-0.15, -0.1) is 11.3 Å². The molecule has 4 aromatic rings. The zero-order valence-electron chi connectivity index (χ0n) is 15.3. The molecule has 1 aliphatic carbocycles. The fraction of sp³-hybridized carbons (Fsp3) is 0.182. The first-order valence-corrected chi connectivity index (χ1v) is 11.3. The molecule has 0 fully saturated rings. The summed E-state index contributed by atoms with van der Waals surface area (Å²) in [5, 5.41) is 1.17. The van der Waals surface area contributed by atoms with E-state index >= 15 is 0 Å². The summed E-state index contributed by atoms with van der Waals surface area (Å²) >= 11 is 11.2. The fourth-order valence-electron chi connectivity index (χ4n) is 3.96. The molecule has 146 valence electrons.